The van der Waals surface area contributed by atoms with Gasteiger partial charge in [-0.3, -0.25) is 19.2 Å². The molecule has 0 aromatic heterocycles. The average Bonchev–Trinajstić information content (AvgIpc) is 2.69. The number of amides is 4. The van der Waals surface area contributed by atoms with Crippen LogP contribution in [0, 0.1) is 5.92 Å². The summed E-state index contributed by atoms with van der Waals surface area (Å²) in [5.41, 5.74) is -1.09. The first-order valence-corrected chi connectivity index (χ1v) is 11.3. The Hall–Kier alpha value is -2.12. The Bertz CT molecular complexity index is 608. The average molecular weight is 425 g/mol. The molecule has 1 aliphatic heterocycles. The molecule has 30 heavy (non-hydrogen) atoms. The Labute approximate surface area is 180 Å². The summed E-state index contributed by atoms with van der Waals surface area (Å²) in [7, 11) is 0. The van der Waals surface area contributed by atoms with Crippen molar-refractivity contribution in [1.82, 2.24) is 21.3 Å². The lowest BCUT2D eigenvalue weighted by atomic mass is 9.91. The molecule has 4 N–H and O–H groups in total. The largest absolute Gasteiger partial charge is 0.354 e. The van der Waals surface area contributed by atoms with Gasteiger partial charge in [0.1, 0.15) is 17.6 Å². The Balaban J connectivity index is 2.97. The van der Waals surface area contributed by atoms with Crippen molar-refractivity contribution in [2.75, 3.05) is 6.54 Å². The third kappa shape index (κ3) is 8.32. The van der Waals surface area contributed by atoms with E-state index in [0.29, 0.717) is 19.4 Å². The van der Waals surface area contributed by atoms with E-state index in [1.165, 1.54) is 0 Å². The van der Waals surface area contributed by atoms with Crippen molar-refractivity contribution in [2.45, 2.75) is 104 Å². The summed E-state index contributed by atoms with van der Waals surface area (Å²) in [5, 5.41) is 11.2. The van der Waals surface area contributed by atoms with Crippen molar-refractivity contribution < 1.29 is 19.2 Å². The molecule has 0 bridgehead atoms. The highest BCUT2D eigenvalue weighted by atomic mass is 16.2. The van der Waals surface area contributed by atoms with Crippen LogP contribution in [0.15, 0.2) is 0 Å². The summed E-state index contributed by atoms with van der Waals surface area (Å²) in [5.74, 6) is -1.46. The van der Waals surface area contributed by atoms with Crippen LogP contribution in [0.5, 0.6) is 0 Å². The van der Waals surface area contributed by atoms with Crippen LogP contribution in [0.3, 0.4) is 0 Å². The zero-order chi connectivity index (χ0) is 22.7. The molecular formula is C22H40N4O4. The van der Waals surface area contributed by atoms with Gasteiger partial charge in [0.05, 0.1) is 0 Å². The second-order valence-electron chi connectivity index (χ2n) is 8.80. The molecule has 8 heteroatoms. The van der Waals surface area contributed by atoms with E-state index in [9.17, 15) is 19.2 Å². The zero-order valence-electron chi connectivity index (χ0n) is 19.2. The SMILES string of the molecule is CCC1NC(=O)C(C)NC(=O)C(C)(NC(=O)C(C)C)CCCCCCCCNC1=O. The fourth-order valence-corrected chi connectivity index (χ4v) is 3.37. The first kappa shape index (κ1) is 25.9. The van der Waals surface area contributed by atoms with Crippen molar-refractivity contribution in [3.8, 4) is 0 Å². The molecule has 1 fully saturated rings. The molecule has 3 unspecified atom stereocenters. The van der Waals surface area contributed by atoms with Gasteiger partial charge in [-0.05, 0) is 33.1 Å². The fourth-order valence-electron chi connectivity index (χ4n) is 3.37. The number of hydrogen-bond donors (Lipinski definition) is 4. The molecule has 172 valence electrons. The molecule has 0 spiro atoms. The van der Waals surface area contributed by atoms with E-state index in [1.807, 2.05) is 6.92 Å². The number of carbonyl (C=O) groups is 4. The van der Waals surface area contributed by atoms with E-state index in [4.69, 9.17) is 0 Å². The third-order valence-corrected chi connectivity index (χ3v) is 5.61. The minimum Gasteiger partial charge on any atom is -0.354 e. The number of hydrogen-bond acceptors (Lipinski definition) is 4. The van der Waals surface area contributed by atoms with Gasteiger partial charge in [0.25, 0.3) is 0 Å². The maximum Gasteiger partial charge on any atom is 0.246 e. The predicted molar refractivity (Wildman–Crippen MR) is 117 cm³/mol. The van der Waals surface area contributed by atoms with Gasteiger partial charge in [-0.2, -0.15) is 0 Å². The van der Waals surface area contributed by atoms with Crippen molar-refractivity contribution in [2.24, 2.45) is 5.92 Å². The van der Waals surface area contributed by atoms with Gasteiger partial charge in [0.2, 0.25) is 23.6 Å². The molecule has 0 aliphatic carbocycles. The van der Waals surface area contributed by atoms with Gasteiger partial charge in [-0.1, -0.05) is 52.9 Å². The number of carbonyl (C=O) groups excluding carboxylic acids is 4. The first-order chi connectivity index (χ1) is 14.1. The molecule has 0 aromatic rings. The molecule has 4 amide bonds. The van der Waals surface area contributed by atoms with Gasteiger partial charge in [0.15, 0.2) is 0 Å². The van der Waals surface area contributed by atoms with Crippen LogP contribution in [0.1, 0.15) is 86.0 Å². The van der Waals surface area contributed by atoms with E-state index in [-0.39, 0.29) is 23.6 Å². The van der Waals surface area contributed by atoms with E-state index in [2.05, 4.69) is 21.3 Å². The fraction of sp³-hybridized carbons (Fsp3) is 0.818. The predicted octanol–water partition coefficient (Wildman–Crippen LogP) is 1.78. The van der Waals surface area contributed by atoms with Crippen LogP contribution >= 0.6 is 0 Å². The second-order valence-corrected chi connectivity index (χ2v) is 8.80. The molecule has 1 heterocycles. The lowest BCUT2D eigenvalue weighted by Crippen LogP contribution is -2.61. The molecule has 8 nitrogen and oxygen atoms in total. The molecule has 1 aliphatic rings. The molecule has 0 radical (unpaired) electrons. The number of nitrogens with one attached hydrogen (secondary N) is 4. The molecule has 1 saturated heterocycles. The molecule has 0 aromatic carbocycles. The summed E-state index contributed by atoms with van der Waals surface area (Å²) >= 11 is 0. The van der Waals surface area contributed by atoms with Crippen LogP contribution < -0.4 is 21.3 Å². The Kier molecular flexibility index (Phi) is 10.8. The smallest absolute Gasteiger partial charge is 0.246 e. The molecule has 0 saturated carbocycles. The summed E-state index contributed by atoms with van der Waals surface area (Å²) in [6.07, 6.45) is 6.73. The van der Waals surface area contributed by atoms with E-state index in [1.54, 1.807) is 27.7 Å². The lowest BCUT2D eigenvalue weighted by molar-refractivity contribution is -0.137. The van der Waals surface area contributed by atoms with Crippen LogP contribution in [0.4, 0.5) is 0 Å². The third-order valence-electron chi connectivity index (χ3n) is 5.61. The summed E-state index contributed by atoms with van der Waals surface area (Å²) < 4.78 is 0. The van der Waals surface area contributed by atoms with Gasteiger partial charge in [-0.25, -0.2) is 0 Å². The molecule has 3 atom stereocenters. The summed E-state index contributed by atoms with van der Waals surface area (Å²) in [6, 6.07) is -1.47. The maximum absolute atomic E-state index is 13.0. The minimum absolute atomic E-state index is 0.196. The topological polar surface area (TPSA) is 116 Å². The van der Waals surface area contributed by atoms with Crippen LogP contribution in [0.25, 0.3) is 0 Å². The minimum atomic E-state index is -1.09. The number of rotatable bonds is 3. The van der Waals surface area contributed by atoms with Gasteiger partial charge in [0, 0.05) is 12.5 Å². The highest BCUT2D eigenvalue weighted by Gasteiger charge is 2.36. The van der Waals surface area contributed by atoms with E-state index < -0.39 is 23.5 Å². The molecule has 1 rings (SSSR count). The van der Waals surface area contributed by atoms with Gasteiger partial charge >= 0.3 is 0 Å². The zero-order valence-corrected chi connectivity index (χ0v) is 19.2. The van der Waals surface area contributed by atoms with Crippen LogP contribution in [-0.4, -0.2) is 47.8 Å². The first-order valence-electron chi connectivity index (χ1n) is 11.3. The van der Waals surface area contributed by atoms with Crippen molar-refractivity contribution in [3.05, 3.63) is 0 Å². The Morgan fingerprint density at radius 1 is 1.03 bits per heavy atom. The quantitative estimate of drug-likeness (QED) is 0.552. The Morgan fingerprint density at radius 3 is 2.23 bits per heavy atom. The van der Waals surface area contributed by atoms with Crippen molar-refractivity contribution >= 4 is 23.6 Å². The summed E-state index contributed by atoms with van der Waals surface area (Å²) in [6.45, 7) is 9.27. The standard InChI is InChI=1S/C22H40N4O4/c1-6-17-20(29)23-14-12-10-8-7-9-11-13-22(5,26-18(27)15(2)3)21(30)24-16(4)19(28)25-17/h15-17H,6-14H2,1-5H3,(H,23,29)(H,24,30)(H,25,28)(H,26,27). The molecular weight excluding hydrogens is 384 g/mol. The highest BCUT2D eigenvalue weighted by molar-refractivity contribution is 5.96. The normalized spacial score (nSPS) is 28.1. The lowest BCUT2D eigenvalue weighted by Gasteiger charge is -2.32. The van der Waals surface area contributed by atoms with Crippen LogP contribution in [0.2, 0.25) is 0 Å². The summed E-state index contributed by atoms with van der Waals surface area (Å²) in [4.78, 5) is 50.2. The van der Waals surface area contributed by atoms with Crippen LogP contribution in [-0.2, 0) is 19.2 Å². The monoisotopic (exact) mass is 424 g/mol. The van der Waals surface area contributed by atoms with Crippen molar-refractivity contribution in [1.29, 1.82) is 0 Å². The maximum atomic E-state index is 13.0. The van der Waals surface area contributed by atoms with Crippen molar-refractivity contribution in [3.63, 3.8) is 0 Å². The van der Waals surface area contributed by atoms with E-state index in [0.717, 1.165) is 38.5 Å². The Morgan fingerprint density at radius 2 is 1.63 bits per heavy atom. The second kappa shape index (κ2) is 12.5. The van der Waals surface area contributed by atoms with Gasteiger partial charge < -0.3 is 21.3 Å². The van der Waals surface area contributed by atoms with E-state index >= 15 is 0 Å². The van der Waals surface area contributed by atoms with Gasteiger partial charge in [-0.15, -0.1) is 0 Å². The highest BCUT2D eigenvalue weighted by Crippen LogP contribution is 2.18.